The van der Waals surface area contributed by atoms with Crippen LogP contribution in [0.25, 0.3) is 0 Å². The van der Waals surface area contributed by atoms with Crippen LogP contribution in [0.2, 0.25) is 10.0 Å². The zero-order chi connectivity index (χ0) is 26.5. The molecule has 0 aromatic heterocycles. The molecule has 11 heteroatoms. The Morgan fingerprint density at radius 3 is 2.31 bits per heavy atom. The molecule has 1 saturated carbocycles. The fourth-order valence-corrected chi connectivity index (χ4v) is 5.60. The number of halogens is 2. The zero-order valence-electron chi connectivity index (χ0n) is 20.5. The molecule has 1 aliphatic rings. The summed E-state index contributed by atoms with van der Waals surface area (Å²) in [6, 6.07) is 10.7. The molecular formula is C25H31Cl2N3O5S. The quantitative estimate of drug-likeness (QED) is 0.472. The molecule has 1 atom stereocenters. The van der Waals surface area contributed by atoms with Gasteiger partial charge in [0.15, 0.2) is 0 Å². The number of hydrogen-bond acceptors (Lipinski definition) is 5. The summed E-state index contributed by atoms with van der Waals surface area (Å²) in [6.45, 7) is 1.22. The van der Waals surface area contributed by atoms with E-state index in [0.717, 1.165) is 41.8 Å². The highest BCUT2D eigenvalue weighted by molar-refractivity contribution is 7.92. The first-order chi connectivity index (χ1) is 17.0. The summed E-state index contributed by atoms with van der Waals surface area (Å²) in [5.41, 5.74) is 0.893. The summed E-state index contributed by atoms with van der Waals surface area (Å²) in [7, 11) is -2.33. The first-order valence-electron chi connectivity index (χ1n) is 11.6. The third-order valence-corrected chi connectivity index (χ3v) is 7.90. The molecule has 0 radical (unpaired) electrons. The van der Waals surface area contributed by atoms with Gasteiger partial charge in [-0.3, -0.25) is 13.9 Å². The molecule has 2 aromatic rings. The number of sulfonamides is 1. The number of nitrogens with zero attached hydrogens (tertiary/aromatic N) is 2. The minimum Gasteiger partial charge on any atom is -0.497 e. The monoisotopic (exact) mass is 555 g/mol. The number of methoxy groups -OCH3 is 1. The molecule has 0 heterocycles. The normalized spacial score (nSPS) is 14.8. The highest BCUT2D eigenvalue weighted by Gasteiger charge is 2.32. The van der Waals surface area contributed by atoms with E-state index in [4.69, 9.17) is 27.9 Å². The lowest BCUT2D eigenvalue weighted by Gasteiger charge is -2.32. The van der Waals surface area contributed by atoms with Gasteiger partial charge in [0.2, 0.25) is 21.8 Å². The number of carbonyl (C=O) groups excluding carboxylic acids is 2. The fourth-order valence-electron chi connectivity index (χ4n) is 4.18. The van der Waals surface area contributed by atoms with E-state index in [1.165, 1.54) is 23.1 Å². The highest BCUT2D eigenvalue weighted by atomic mass is 35.5. The number of carbonyl (C=O) groups is 2. The van der Waals surface area contributed by atoms with E-state index in [0.29, 0.717) is 10.8 Å². The van der Waals surface area contributed by atoms with Gasteiger partial charge in [0.1, 0.15) is 18.3 Å². The van der Waals surface area contributed by atoms with Crippen LogP contribution >= 0.6 is 23.2 Å². The second-order valence-corrected chi connectivity index (χ2v) is 11.7. The van der Waals surface area contributed by atoms with Crippen molar-refractivity contribution in [3.05, 3.63) is 58.1 Å². The smallest absolute Gasteiger partial charge is 0.244 e. The zero-order valence-corrected chi connectivity index (χ0v) is 22.9. The number of anilines is 1. The molecule has 1 aliphatic carbocycles. The molecule has 0 bridgehead atoms. The number of hydrogen-bond donors (Lipinski definition) is 1. The van der Waals surface area contributed by atoms with Gasteiger partial charge in [-0.25, -0.2) is 8.42 Å². The van der Waals surface area contributed by atoms with Crippen LogP contribution in [-0.4, -0.2) is 57.1 Å². The van der Waals surface area contributed by atoms with E-state index in [-0.39, 0.29) is 29.2 Å². The first-order valence-corrected chi connectivity index (χ1v) is 14.3. The predicted octanol–water partition coefficient (Wildman–Crippen LogP) is 4.24. The molecule has 1 fully saturated rings. The maximum Gasteiger partial charge on any atom is 0.244 e. The van der Waals surface area contributed by atoms with Crippen molar-refractivity contribution in [1.82, 2.24) is 10.2 Å². The van der Waals surface area contributed by atoms with Crippen molar-refractivity contribution >= 4 is 50.7 Å². The second kappa shape index (κ2) is 12.2. The number of nitrogens with one attached hydrogen (secondary N) is 1. The average Bonchev–Trinajstić information content (AvgIpc) is 3.33. The van der Waals surface area contributed by atoms with Crippen LogP contribution in [-0.2, 0) is 26.2 Å². The van der Waals surface area contributed by atoms with Crippen LogP contribution in [0.3, 0.4) is 0 Å². The standard InChI is InChI=1S/C25H31Cl2N3O5S/c1-17(25(32)28-20-6-4-5-7-20)29(15-18-8-11-21(35-2)12-9-18)24(31)16-30(36(3,33)34)23-13-10-19(26)14-22(23)27/h8-14,17,20H,4-7,15-16H2,1-3H3,(H,28,32)/t17-/m1/s1. The van der Waals surface area contributed by atoms with Crippen molar-refractivity contribution in [3.8, 4) is 5.75 Å². The van der Waals surface area contributed by atoms with Crippen molar-refractivity contribution in [2.75, 3.05) is 24.2 Å². The van der Waals surface area contributed by atoms with Gasteiger partial charge in [0, 0.05) is 17.6 Å². The lowest BCUT2D eigenvalue weighted by atomic mass is 10.1. The van der Waals surface area contributed by atoms with Gasteiger partial charge in [0.05, 0.1) is 24.1 Å². The molecule has 8 nitrogen and oxygen atoms in total. The molecular weight excluding hydrogens is 525 g/mol. The number of rotatable bonds is 10. The Morgan fingerprint density at radius 2 is 1.75 bits per heavy atom. The Bertz CT molecular complexity index is 1180. The predicted molar refractivity (Wildman–Crippen MR) is 142 cm³/mol. The highest BCUT2D eigenvalue weighted by Crippen LogP contribution is 2.30. The third kappa shape index (κ3) is 7.27. The summed E-state index contributed by atoms with van der Waals surface area (Å²) in [5.74, 6) is -0.167. The lowest BCUT2D eigenvalue weighted by molar-refractivity contribution is -0.139. The molecule has 36 heavy (non-hydrogen) atoms. The lowest BCUT2D eigenvalue weighted by Crippen LogP contribution is -2.52. The molecule has 0 aliphatic heterocycles. The summed E-state index contributed by atoms with van der Waals surface area (Å²) < 4.78 is 31.4. The van der Waals surface area contributed by atoms with Crippen molar-refractivity contribution in [2.45, 2.75) is 51.2 Å². The van der Waals surface area contributed by atoms with E-state index in [1.54, 1.807) is 38.3 Å². The topological polar surface area (TPSA) is 96.0 Å². The molecule has 0 saturated heterocycles. The third-order valence-electron chi connectivity index (χ3n) is 6.24. The largest absolute Gasteiger partial charge is 0.497 e. The summed E-state index contributed by atoms with van der Waals surface area (Å²) in [5, 5.41) is 3.46. The SMILES string of the molecule is COc1ccc(CN(C(=O)CN(c2ccc(Cl)cc2Cl)S(C)(=O)=O)[C@H](C)C(=O)NC2CCCC2)cc1. The van der Waals surface area contributed by atoms with Gasteiger partial charge >= 0.3 is 0 Å². The molecule has 2 aromatic carbocycles. The van der Waals surface area contributed by atoms with Crippen LogP contribution in [0, 0.1) is 0 Å². The average molecular weight is 557 g/mol. The van der Waals surface area contributed by atoms with E-state index in [1.807, 2.05) is 0 Å². The van der Waals surface area contributed by atoms with Crippen molar-refractivity contribution in [3.63, 3.8) is 0 Å². The minimum absolute atomic E-state index is 0.0817. The van der Waals surface area contributed by atoms with Gasteiger partial charge in [-0.2, -0.15) is 0 Å². The Hall–Kier alpha value is -2.49. The van der Waals surface area contributed by atoms with Crippen LogP contribution < -0.4 is 14.4 Å². The van der Waals surface area contributed by atoms with Gasteiger partial charge < -0.3 is 15.0 Å². The Balaban J connectivity index is 1.89. The van der Waals surface area contributed by atoms with Crippen LogP contribution in [0.1, 0.15) is 38.2 Å². The Labute approximate surface area is 222 Å². The van der Waals surface area contributed by atoms with E-state index in [9.17, 15) is 18.0 Å². The number of amides is 2. The second-order valence-electron chi connectivity index (χ2n) is 8.90. The molecule has 0 unspecified atom stereocenters. The van der Waals surface area contributed by atoms with Gasteiger partial charge in [0.25, 0.3) is 0 Å². The Morgan fingerprint density at radius 1 is 1.11 bits per heavy atom. The summed E-state index contributed by atoms with van der Waals surface area (Å²) in [6.07, 6.45) is 4.91. The fraction of sp³-hybridized carbons (Fsp3) is 0.440. The van der Waals surface area contributed by atoms with Crippen LogP contribution in [0.4, 0.5) is 5.69 Å². The Kier molecular flexibility index (Phi) is 9.49. The van der Waals surface area contributed by atoms with Crippen LogP contribution in [0.5, 0.6) is 5.75 Å². The van der Waals surface area contributed by atoms with Crippen LogP contribution in [0.15, 0.2) is 42.5 Å². The van der Waals surface area contributed by atoms with Crippen molar-refractivity contribution in [2.24, 2.45) is 0 Å². The molecule has 3 rings (SSSR count). The van der Waals surface area contributed by atoms with E-state index in [2.05, 4.69) is 5.32 Å². The van der Waals surface area contributed by atoms with E-state index >= 15 is 0 Å². The van der Waals surface area contributed by atoms with E-state index < -0.39 is 28.5 Å². The molecule has 1 N–H and O–H groups in total. The summed E-state index contributed by atoms with van der Waals surface area (Å²) >= 11 is 12.2. The number of benzene rings is 2. The van der Waals surface area contributed by atoms with Crippen molar-refractivity contribution in [1.29, 1.82) is 0 Å². The first kappa shape index (κ1) is 28.1. The van der Waals surface area contributed by atoms with Gasteiger partial charge in [-0.05, 0) is 55.7 Å². The summed E-state index contributed by atoms with van der Waals surface area (Å²) in [4.78, 5) is 28.1. The maximum absolute atomic E-state index is 13.6. The maximum atomic E-state index is 13.6. The van der Waals surface area contributed by atoms with Gasteiger partial charge in [-0.1, -0.05) is 48.2 Å². The molecule has 196 valence electrons. The van der Waals surface area contributed by atoms with Crippen molar-refractivity contribution < 1.29 is 22.7 Å². The molecule has 0 spiro atoms. The minimum atomic E-state index is -3.89. The molecule has 2 amide bonds. The number of ether oxygens (including phenoxy) is 1. The van der Waals surface area contributed by atoms with Gasteiger partial charge in [-0.15, -0.1) is 0 Å².